The van der Waals surface area contributed by atoms with Crippen molar-refractivity contribution in [2.75, 3.05) is 19.7 Å². The molecule has 0 aliphatic carbocycles. The van der Waals surface area contributed by atoms with Gasteiger partial charge in [0.05, 0.1) is 5.56 Å². The van der Waals surface area contributed by atoms with Crippen molar-refractivity contribution < 1.29 is 15.0 Å². The molecule has 0 amide bonds. The fourth-order valence-corrected chi connectivity index (χ4v) is 2.22. The van der Waals surface area contributed by atoms with Crippen LogP contribution in [0.15, 0.2) is 24.3 Å². The lowest BCUT2D eigenvalue weighted by Gasteiger charge is -2.15. The molecule has 92 valence electrons. The fourth-order valence-electron chi connectivity index (χ4n) is 2.22. The van der Waals surface area contributed by atoms with E-state index in [9.17, 15) is 4.79 Å². The van der Waals surface area contributed by atoms with Crippen molar-refractivity contribution in [1.29, 1.82) is 0 Å². The molecular formula is C13H17NO3. The highest BCUT2D eigenvalue weighted by Crippen LogP contribution is 2.18. The van der Waals surface area contributed by atoms with E-state index >= 15 is 0 Å². The highest BCUT2D eigenvalue weighted by atomic mass is 16.4. The minimum absolute atomic E-state index is 0.258. The molecular weight excluding hydrogens is 218 g/mol. The molecule has 0 saturated carbocycles. The maximum Gasteiger partial charge on any atom is 0.335 e. The summed E-state index contributed by atoms with van der Waals surface area (Å²) in [4.78, 5) is 13.0. The molecule has 4 nitrogen and oxygen atoms in total. The molecule has 4 heteroatoms. The standard InChI is InChI=1S/C13H17NO3/c15-9-11-5-6-14(8-11)7-10-1-3-12(4-2-10)13(16)17/h1-4,11,15H,5-9H2,(H,16,17)/t11-/m0/s1. The number of hydrogen-bond donors (Lipinski definition) is 2. The van der Waals surface area contributed by atoms with Gasteiger partial charge in [0.2, 0.25) is 0 Å². The number of benzene rings is 1. The van der Waals surface area contributed by atoms with Crippen LogP contribution in [-0.4, -0.2) is 40.8 Å². The average Bonchev–Trinajstić information content (AvgIpc) is 2.77. The first-order valence-electron chi connectivity index (χ1n) is 5.84. The smallest absolute Gasteiger partial charge is 0.335 e. The first kappa shape index (κ1) is 12.1. The van der Waals surface area contributed by atoms with E-state index in [-0.39, 0.29) is 6.61 Å². The monoisotopic (exact) mass is 235 g/mol. The van der Waals surface area contributed by atoms with Crippen LogP contribution in [-0.2, 0) is 6.54 Å². The van der Waals surface area contributed by atoms with Gasteiger partial charge in [-0.15, -0.1) is 0 Å². The number of rotatable bonds is 4. The molecule has 1 aromatic carbocycles. The van der Waals surface area contributed by atoms with E-state index in [1.54, 1.807) is 12.1 Å². The number of hydrogen-bond acceptors (Lipinski definition) is 3. The SMILES string of the molecule is O=C(O)c1ccc(CN2CC[C@H](CO)C2)cc1. The van der Waals surface area contributed by atoms with Crippen LogP contribution in [0.3, 0.4) is 0 Å². The molecule has 2 N–H and O–H groups in total. The van der Waals surface area contributed by atoms with E-state index in [4.69, 9.17) is 10.2 Å². The topological polar surface area (TPSA) is 60.8 Å². The highest BCUT2D eigenvalue weighted by Gasteiger charge is 2.21. The van der Waals surface area contributed by atoms with E-state index < -0.39 is 5.97 Å². The van der Waals surface area contributed by atoms with Gasteiger partial charge in [-0.1, -0.05) is 12.1 Å². The second-order valence-electron chi connectivity index (χ2n) is 4.57. The fraction of sp³-hybridized carbons (Fsp3) is 0.462. The Kier molecular flexibility index (Phi) is 3.76. The van der Waals surface area contributed by atoms with E-state index in [1.165, 1.54) is 0 Å². The van der Waals surface area contributed by atoms with Crippen LogP contribution >= 0.6 is 0 Å². The van der Waals surface area contributed by atoms with Gasteiger partial charge >= 0.3 is 5.97 Å². The quantitative estimate of drug-likeness (QED) is 0.823. The van der Waals surface area contributed by atoms with Crippen molar-refractivity contribution in [3.63, 3.8) is 0 Å². The summed E-state index contributed by atoms with van der Waals surface area (Å²) in [5.41, 5.74) is 1.44. The van der Waals surface area contributed by atoms with E-state index in [2.05, 4.69) is 4.90 Å². The Balaban J connectivity index is 1.93. The van der Waals surface area contributed by atoms with Crippen molar-refractivity contribution in [2.24, 2.45) is 5.92 Å². The van der Waals surface area contributed by atoms with Gasteiger partial charge in [-0.05, 0) is 36.6 Å². The van der Waals surface area contributed by atoms with Crippen molar-refractivity contribution >= 4 is 5.97 Å². The third-order valence-electron chi connectivity index (χ3n) is 3.24. The summed E-state index contributed by atoms with van der Waals surface area (Å²) in [6.45, 7) is 3.02. The van der Waals surface area contributed by atoms with Gasteiger partial charge in [0.15, 0.2) is 0 Å². The number of carboxylic acids is 1. The van der Waals surface area contributed by atoms with Crippen molar-refractivity contribution in [3.8, 4) is 0 Å². The predicted molar refractivity (Wildman–Crippen MR) is 63.9 cm³/mol. The summed E-state index contributed by atoms with van der Waals surface area (Å²) >= 11 is 0. The normalized spacial score (nSPS) is 20.6. The molecule has 0 radical (unpaired) electrons. The Morgan fingerprint density at radius 3 is 2.59 bits per heavy atom. The molecule has 1 fully saturated rings. The Morgan fingerprint density at radius 1 is 1.35 bits per heavy atom. The van der Waals surface area contributed by atoms with E-state index in [1.807, 2.05) is 12.1 Å². The number of carboxylic acid groups (broad SMARTS) is 1. The predicted octanol–water partition coefficient (Wildman–Crippen LogP) is 1.20. The van der Waals surface area contributed by atoms with Crippen LogP contribution in [0.1, 0.15) is 22.3 Å². The van der Waals surface area contributed by atoms with Crippen LogP contribution in [0.25, 0.3) is 0 Å². The Bertz CT molecular complexity index is 388. The molecule has 0 bridgehead atoms. The molecule has 1 aliphatic rings. The molecule has 0 unspecified atom stereocenters. The summed E-state index contributed by atoms with van der Waals surface area (Å²) in [5, 5.41) is 17.8. The number of aromatic carboxylic acids is 1. The van der Waals surface area contributed by atoms with Crippen molar-refractivity contribution in [1.82, 2.24) is 4.90 Å². The third kappa shape index (κ3) is 3.05. The Morgan fingerprint density at radius 2 is 2.06 bits per heavy atom. The number of aliphatic hydroxyl groups is 1. The molecule has 0 spiro atoms. The molecule has 17 heavy (non-hydrogen) atoms. The Labute approximate surface area is 100 Å². The average molecular weight is 235 g/mol. The summed E-state index contributed by atoms with van der Waals surface area (Å²) in [6, 6.07) is 6.99. The molecule has 1 aliphatic heterocycles. The zero-order valence-corrected chi connectivity index (χ0v) is 9.67. The van der Waals surface area contributed by atoms with Crippen LogP contribution in [0.5, 0.6) is 0 Å². The van der Waals surface area contributed by atoms with Gasteiger partial charge in [0.25, 0.3) is 0 Å². The first-order chi connectivity index (χ1) is 8.19. The van der Waals surface area contributed by atoms with Crippen LogP contribution in [0, 0.1) is 5.92 Å². The van der Waals surface area contributed by atoms with Crippen LogP contribution < -0.4 is 0 Å². The van der Waals surface area contributed by atoms with Crippen LogP contribution in [0.4, 0.5) is 0 Å². The second-order valence-corrected chi connectivity index (χ2v) is 4.57. The Hall–Kier alpha value is -1.39. The minimum Gasteiger partial charge on any atom is -0.478 e. The molecule has 1 aromatic rings. The molecule has 0 aromatic heterocycles. The zero-order chi connectivity index (χ0) is 12.3. The minimum atomic E-state index is -0.891. The van der Waals surface area contributed by atoms with Crippen LogP contribution in [0.2, 0.25) is 0 Å². The van der Waals surface area contributed by atoms with Gasteiger partial charge in [0.1, 0.15) is 0 Å². The number of aliphatic hydroxyl groups excluding tert-OH is 1. The lowest BCUT2D eigenvalue weighted by Crippen LogP contribution is -2.20. The lowest BCUT2D eigenvalue weighted by atomic mass is 10.1. The number of carbonyl (C=O) groups is 1. The number of likely N-dealkylation sites (tertiary alicyclic amines) is 1. The first-order valence-corrected chi connectivity index (χ1v) is 5.84. The van der Waals surface area contributed by atoms with E-state index in [0.717, 1.165) is 31.6 Å². The van der Waals surface area contributed by atoms with Gasteiger partial charge in [-0.2, -0.15) is 0 Å². The second kappa shape index (κ2) is 5.29. The van der Waals surface area contributed by atoms with Gasteiger partial charge < -0.3 is 10.2 Å². The zero-order valence-electron chi connectivity index (χ0n) is 9.67. The largest absolute Gasteiger partial charge is 0.478 e. The maximum atomic E-state index is 10.7. The van der Waals surface area contributed by atoms with E-state index in [0.29, 0.717) is 11.5 Å². The molecule has 1 saturated heterocycles. The van der Waals surface area contributed by atoms with Crippen molar-refractivity contribution in [3.05, 3.63) is 35.4 Å². The molecule has 1 atom stereocenters. The highest BCUT2D eigenvalue weighted by molar-refractivity contribution is 5.87. The molecule has 1 heterocycles. The van der Waals surface area contributed by atoms with Gasteiger partial charge in [-0.3, -0.25) is 4.90 Å². The van der Waals surface area contributed by atoms with Crippen molar-refractivity contribution in [2.45, 2.75) is 13.0 Å². The maximum absolute atomic E-state index is 10.7. The van der Waals surface area contributed by atoms with Gasteiger partial charge in [0, 0.05) is 19.7 Å². The molecule has 2 rings (SSSR count). The number of nitrogens with zero attached hydrogens (tertiary/aromatic N) is 1. The summed E-state index contributed by atoms with van der Waals surface area (Å²) < 4.78 is 0. The third-order valence-corrected chi connectivity index (χ3v) is 3.24. The van der Waals surface area contributed by atoms with Gasteiger partial charge in [-0.25, -0.2) is 4.79 Å². The summed E-state index contributed by atoms with van der Waals surface area (Å²) in [6.07, 6.45) is 1.05. The lowest BCUT2D eigenvalue weighted by molar-refractivity contribution is 0.0697. The summed E-state index contributed by atoms with van der Waals surface area (Å²) in [7, 11) is 0. The summed E-state index contributed by atoms with van der Waals surface area (Å²) in [5.74, 6) is -0.494.